The molecule has 0 saturated carbocycles. The van der Waals surface area contributed by atoms with Gasteiger partial charge in [-0.25, -0.2) is 13.8 Å². The molecule has 2 aromatic heterocycles. The second kappa shape index (κ2) is 7.12. The SMILES string of the molecule is CN(C(=O)c1cnccn1)C(c1cccnc1)c1ccc(F)cc1F. The van der Waals surface area contributed by atoms with E-state index in [0.717, 1.165) is 12.1 Å². The zero-order valence-electron chi connectivity index (χ0n) is 13.3. The van der Waals surface area contributed by atoms with Gasteiger partial charge in [0.2, 0.25) is 0 Å². The Balaban J connectivity index is 2.07. The quantitative estimate of drug-likeness (QED) is 0.732. The van der Waals surface area contributed by atoms with Crippen LogP contribution in [0.1, 0.15) is 27.7 Å². The molecule has 0 fully saturated rings. The fraction of sp³-hybridized carbons (Fsp3) is 0.111. The first-order valence-corrected chi connectivity index (χ1v) is 7.46. The van der Waals surface area contributed by atoms with Crippen molar-refractivity contribution >= 4 is 5.91 Å². The Bertz CT molecular complexity index is 875. The molecule has 126 valence electrons. The lowest BCUT2D eigenvalue weighted by Crippen LogP contribution is -2.33. The second-order valence-corrected chi connectivity index (χ2v) is 5.36. The van der Waals surface area contributed by atoms with Gasteiger partial charge in [-0.15, -0.1) is 0 Å². The minimum Gasteiger partial charge on any atom is -0.329 e. The Labute approximate surface area is 143 Å². The molecule has 0 radical (unpaired) electrons. The van der Waals surface area contributed by atoms with E-state index >= 15 is 0 Å². The van der Waals surface area contributed by atoms with Crippen molar-refractivity contribution < 1.29 is 13.6 Å². The first kappa shape index (κ1) is 16.6. The number of carbonyl (C=O) groups excluding carboxylic acids is 1. The molecular formula is C18H14F2N4O. The molecule has 3 rings (SSSR count). The number of hydrogen-bond donors (Lipinski definition) is 0. The van der Waals surface area contributed by atoms with Crippen LogP contribution < -0.4 is 0 Å². The lowest BCUT2D eigenvalue weighted by atomic mass is 9.98. The van der Waals surface area contributed by atoms with Gasteiger partial charge in [0.05, 0.1) is 12.2 Å². The number of pyridine rings is 1. The summed E-state index contributed by atoms with van der Waals surface area (Å²) < 4.78 is 27.7. The lowest BCUT2D eigenvalue weighted by Gasteiger charge is -2.29. The molecule has 0 saturated heterocycles. The third-order valence-electron chi connectivity index (χ3n) is 3.75. The van der Waals surface area contributed by atoms with Gasteiger partial charge in [-0.2, -0.15) is 0 Å². The number of nitrogens with zero attached hydrogens (tertiary/aromatic N) is 4. The molecular weight excluding hydrogens is 326 g/mol. The minimum atomic E-state index is -0.788. The minimum absolute atomic E-state index is 0.126. The lowest BCUT2D eigenvalue weighted by molar-refractivity contribution is 0.0746. The predicted molar refractivity (Wildman–Crippen MR) is 86.6 cm³/mol. The summed E-state index contributed by atoms with van der Waals surface area (Å²) in [5.74, 6) is -1.87. The molecule has 25 heavy (non-hydrogen) atoms. The van der Waals surface area contributed by atoms with Crippen molar-refractivity contribution in [1.29, 1.82) is 0 Å². The van der Waals surface area contributed by atoms with E-state index < -0.39 is 23.6 Å². The number of rotatable bonds is 4. The van der Waals surface area contributed by atoms with Crippen LogP contribution in [-0.2, 0) is 0 Å². The van der Waals surface area contributed by atoms with E-state index in [-0.39, 0.29) is 11.3 Å². The van der Waals surface area contributed by atoms with Gasteiger partial charge in [-0.3, -0.25) is 14.8 Å². The molecule has 0 aliphatic carbocycles. The van der Waals surface area contributed by atoms with Crippen molar-refractivity contribution in [3.63, 3.8) is 0 Å². The standard InChI is InChI=1S/C18H14F2N4O/c1-24(18(25)16-11-22-7-8-23-16)17(12-3-2-6-21-10-12)14-5-4-13(19)9-15(14)20/h2-11,17H,1H3. The zero-order valence-corrected chi connectivity index (χ0v) is 13.3. The predicted octanol–water partition coefficient (Wildman–Crippen LogP) is 3.01. The zero-order chi connectivity index (χ0) is 17.8. The van der Waals surface area contributed by atoms with Gasteiger partial charge in [0.1, 0.15) is 17.3 Å². The van der Waals surface area contributed by atoms with E-state index in [2.05, 4.69) is 15.0 Å². The maximum absolute atomic E-state index is 14.4. The monoisotopic (exact) mass is 340 g/mol. The average molecular weight is 340 g/mol. The van der Waals surface area contributed by atoms with Crippen LogP contribution in [0, 0.1) is 11.6 Å². The summed E-state index contributed by atoms with van der Waals surface area (Å²) in [6.45, 7) is 0. The van der Waals surface area contributed by atoms with Crippen LogP contribution in [0.25, 0.3) is 0 Å². The van der Waals surface area contributed by atoms with Gasteiger partial charge in [0, 0.05) is 43.5 Å². The Morgan fingerprint density at radius 2 is 1.88 bits per heavy atom. The maximum atomic E-state index is 14.4. The van der Waals surface area contributed by atoms with E-state index in [1.165, 1.54) is 42.8 Å². The third kappa shape index (κ3) is 3.50. The third-order valence-corrected chi connectivity index (χ3v) is 3.75. The van der Waals surface area contributed by atoms with Crippen molar-refractivity contribution in [1.82, 2.24) is 19.9 Å². The first-order chi connectivity index (χ1) is 12.1. The van der Waals surface area contributed by atoms with E-state index in [1.807, 2.05) is 0 Å². The van der Waals surface area contributed by atoms with Crippen LogP contribution in [0.4, 0.5) is 8.78 Å². The number of benzene rings is 1. The van der Waals surface area contributed by atoms with Crippen molar-refractivity contribution in [3.8, 4) is 0 Å². The number of hydrogen-bond acceptors (Lipinski definition) is 4. The molecule has 1 atom stereocenters. The highest BCUT2D eigenvalue weighted by Crippen LogP contribution is 2.30. The number of amides is 1. The molecule has 2 heterocycles. The number of aromatic nitrogens is 3. The Morgan fingerprint density at radius 1 is 1.08 bits per heavy atom. The van der Waals surface area contributed by atoms with Crippen LogP contribution in [0.5, 0.6) is 0 Å². The Morgan fingerprint density at radius 3 is 2.52 bits per heavy atom. The number of halogens is 2. The molecule has 0 spiro atoms. The molecule has 7 heteroatoms. The molecule has 1 aromatic carbocycles. The summed E-state index contributed by atoms with van der Waals surface area (Å²) in [5, 5.41) is 0. The van der Waals surface area contributed by atoms with Crippen LogP contribution in [0.2, 0.25) is 0 Å². The van der Waals surface area contributed by atoms with Crippen LogP contribution in [0.3, 0.4) is 0 Å². The highest BCUT2D eigenvalue weighted by atomic mass is 19.1. The van der Waals surface area contributed by atoms with E-state index in [1.54, 1.807) is 18.3 Å². The highest BCUT2D eigenvalue weighted by Gasteiger charge is 2.28. The Kier molecular flexibility index (Phi) is 4.74. The summed E-state index contributed by atoms with van der Waals surface area (Å²) >= 11 is 0. The smallest absolute Gasteiger partial charge is 0.274 e. The van der Waals surface area contributed by atoms with E-state index in [9.17, 15) is 13.6 Å². The molecule has 0 N–H and O–H groups in total. The number of carbonyl (C=O) groups is 1. The van der Waals surface area contributed by atoms with Gasteiger partial charge >= 0.3 is 0 Å². The molecule has 0 aliphatic heterocycles. The first-order valence-electron chi connectivity index (χ1n) is 7.46. The van der Waals surface area contributed by atoms with E-state index in [0.29, 0.717) is 5.56 Å². The molecule has 5 nitrogen and oxygen atoms in total. The molecule has 3 aromatic rings. The van der Waals surface area contributed by atoms with Crippen LogP contribution >= 0.6 is 0 Å². The highest BCUT2D eigenvalue weighted by molar-refractivity contribution is 5.92. The molecule has 0 aliphatic rings. The van der Waals surface area contributed by atoms with Crippen LogP contribution in [-0.4, -0.2) is 32.8 Å². The molecule has 0 bridgehead atoms. The second-order valence-electron chi connectivity index (χ2n) is 5.36. The summed E-state index contributed by atoms with van der Waals surface area (Å²) in [4.78, 5) is 25.9. The average Bonchev–Trinajstić information content (AvgIpc) is 2.64. The van der Waals surface area contributed by atoms with Gasteiger partial charge in [0.25, 0.3) is 5.91 Å². The van der Waals surface area contributed by atoms with Crippen molar-refractivity contribution in [3.05, 3.63) is 89.8 Å². The van der Waals surface area contributed by atoms with Crippen molar-refractivity contribution in [2.45, 2.75) is 6.04 Å². The summed E-state index contributed by atoms with van der Waals surface area (Å²) in [7, 11) is 1.53. The topological polar surface area (TPSA) is 59.0 Å². The summed E-state index contributed by atoms with van der Waals surface area (Å²) in [5.41, 5.74) is 0.878. The molecule has 1 unspecified atom stereocenters. The fourth-order valence-electron chi connectivity index (χ4n) is 2.58. The van der Waals surface area contributed by atoms with Gasteiger partial charge in [-0.1, -0.05) is 12.1 Å². The maximum Gasteiger partial charge on any atom is 0.274 e. The molecule has 1 amide bonds. The van der Waals surface area contributed by atoms with Crippen molar-refractivity contribution in [2.75, 3.05) is 7.05 Å². The van der Waals surface area contributed by atoms with Gasteiger partial charge in [0.15, 0.2) is 0 Å². The summed E-state index contributed by atoms with van der Waals surface area (Å²) in [6.07, 6.45) is 7.30. The van der Waals surface area contributed by atoms with Crippen molar-refractivity contribution in [2.24, 2.45) is 0 Å². The largest absolute Gasteiger partial charge is 0.329 e. The van der Waals surface area contributed by atoms with Gasteiger partial charge in [-0.05, 0) is 17.7 Å². The van der Waals surface area contributed by atoms with Gasteiger partial charge < -0.3 is 4.90 Å². The fourth-order valence-corrected chi connectivity index (χ4v) is 2.58. The normalized spacial score (nSPS) is 11.8. The Hall–Kier alpha value is -3.22. The van der Waals surface area contributed by atoms with E-state index in [4.69, 9.17) is 0 Å². The summed E-state index contributed by atoms with van der Waals surface area (Å²) in [6, 6.07) is 5.89. The van der Waals surface area contributed by atoms with Crippen LogP contribution in [0.15, 0.2) is 61.3 Å².